The van der Waals surface area contributed by atoms with Gasteiger partial charge in [0.2, 0.25) is 0 Å². The van der Waals surface area contributed by atoms with E-state index in [0.717, 1.165) is 31.3 Å². The first-order valence-electron chi connectivity index (χ1n) is 7.13. The molecule has 2 aromatic carbocycles. The smallest absolute Gasteiger partial charge is 0.309 e. The molecule has 0 unspecified atom stereocenters. The van der Waals surface area contributed by atoms with E-state index in [1.54, 1.807) is 0 Å². The molecule has 0 radical (unpaired) electrons. The maximum atomic E-state index is 11.5. The zero-order chi connectivity index (χ0) is 19.3. The first kappa shape index (κ1) is 22.3. The Hall–Kier alpha value is -0.0100. The second kappa shape index (κ2) is 10.5. The van der Waals surface area contributed by atoms with Gasteiger partial charge in [0.05, 0.1) is 27.8 Å². The van der Waals surface area contributed by atoms with E-state index in [2.05, 4.69) is 96.3 Å². The second-order valence-electron chi connectivity index (χ2n) is 4.95. The van der Waals surface area contributed by atoms with Gasteiger partial charge in [-0.2, -0.15) is 0 Å². The largest absolute Gasteiger partial charge is 0.479 e. The van der Waals surface area contributed by atoms with Crippen LogP contribution < -0.4 is 9.47 Å². The van der Waals surface area contributed by atoms with E-state index >= 15 is 0 Å². The average molecular weight is 800 g/mol. The molecule has 0 saturated heterocycles. The quantitative estimate of drug-likeness (QED) is 0.216. The van der Waals surface area contributed by atoms with Crippen LogP contribution in [0.2, 0.25) is 0 Å². The average Bonchev–Trinajstić information content (AvgIpc) is 2.57. The minimum atomic E-state index is -0.267. The van der Waals surface area contributed by atoms with Gasteiger partial charge in [-0.05, 0) is 120 Å². The van der Waals surface area contributed by atoms with Gasteiger partial charge in [0.1, 0.15) is 18.1 Å². The molecule has 0 amide bonds. The highest BCUT2D eigenvalue weighted by Gasteiger charge is 2.15. The highest BCUT2D eigenvalue weighted by Crippen LogP contribution is 2.37. The lowest BCUT2D eigenvalue weighted by Gasteiger charge is -2.14. The molecule has 0 aromatic heterocycles. The van der Waals surface area contributed by atoms with Crippen molar-refractivity contribution in [3.8, 4) is 29.6 Å². The summed E-state index contributed by atoms with van der Waals surface area (Å²) in [6.45, 7) is 0.226. The molecule has 2 aromatic rings. The van der Waals surface area contributed by atoms with Crippen molar-refractivity contribution < 1.29 is 19.0 Å². The van der Waals surface area contributed by atoms with Gasteiger partial charge >= 0.3 is 5.97 Å². The molecular weight excluding hydrogens is 788 g/mol. The Kier molecular flexibility index (Phi) is 9.01. The molecule has 0 bridgehead atoms. The summed E-state index contributed by atoms with van der Waals surface area (Å²) in [7, 11) is 1.38. The van der Waals surface area contributed by atoms with Crippen LogP contribution in [-0.4, -0.2) is 19.7 Å². The molecule has 0 aliphatic rings. The first-order valence-corrected chi connectivity index (χ1v) is 11.4. The first-order chi connectivity index (χ1) is 12.3. The highest BCUT2D eigenvalue weighted by molar-refractivity contribution is 14.1. The summed E-state index contributed by atoms with van der Waals surface area (Å²) in [4.78, 5) is 11.5. The summed E-state index contributed by atoms with van der Waals surface area (Å²) in [5.41, 5.74) is 0.889. The maximum absolute atomic E-state index is 11.5. The van der Waals surface area contributed by atoms with Gasteiger partial charge in [0, 0.05) is 0 Å². The fourth-order valence-corrected chi connectivity index (χ4v) is 6.16. The van der Waals surface area contributed by atoms with E-state index in [9.17, 15) is 4.79 Å². The topological polar surface area (TPSA) is 44.8 Å². The molecule has 0 spiro atoms. The minimum Gasteiger partial charge on any atom is -0.479 e. The molecule has 2 rings (SSSR count). The molecule has 0 saturated carbocycles. The number of halogens is 4. The van der Waals surface area contributed by atoms with Crippen LogP contribution in [0.3, 0.4) is 0 Å². The van der Waals surface area contributed by atoms with E-state index in [-0.39, 0.29) is 19.0 Å². The van der Waals surface area contributed by atoms with Crippen molar-refractivity contribution in [1.82, 2.24) is 0 Å². The summed E-state index contributed by atoms with van der Waals surface area (Å²) >= 11 is 8.82. The fourth-order valence-electron chi connectivity index (χ4n) is 2.02. The van der Waals surface area contributed by atoms with Gasteiger partial charge in [0.15, 0.2) is 5.75 Å². The summed E-state index contributed by atoms with van der Waals surface area (Å²) in [5, 5.41) is 0. The molecule has 0 heterocycles. The monoisotopic (exact) mass is 800 g/mol. The third-order valence-electron chi connectivity index (χ3n) is 3.13. The second-order valence-corrected chi connectivity index (χ2v) is 9.60. The Labute approximate surface area is 206 Å². The molecule has 0 N–H and O–H groups in total. The zero-order valence-electron chi connectivity index (χ0n) is 13.4. The Morgan fingerprint density at radius 2 is 1.54 bits per heavy atom. The molecule has 136 valence electrons. The van der Waals surface area contributed by atoms with Crippen LogP contribution >= 0.6 is 90.4 Å². The van der Waals surface area contributed by atoms with Crippen molar-refractivity contribution in [2.24, 2.45) is 0 Å². The fraction of sp³-hybridized carbons (Fsp3) is 0.167. The van der Waals surface area contributed by atoms with Gasteiger partial charge < -0.3 is 14.2 Å². The molecule has 0 fully saturated rings. The van der Waals surface area contributed by atoms with Gasteiger partial charge in [0.25, 0.3) is 0 Å². The Morgan fingerprint density at radius 1 is 1.00 bits per heavy atom. The van der Waals surface area contributed by atoms with Crippen LogP contribution in [0.15, 0.2) is 24.3 Å². The van der Waals surface area contributed by atoms with E-state index < -0.39 is 0 Å². The SMILES string of the molecule is C#CCOc1c(I)cc(Oc2c(I)cc(CC(=O)OC)cc2I)cc1I. The van der Waals surface area contributed by atoms with Crippen molar-refractivity contribution >= 4 is 96.3 Å². The number of ether oxygens (including phenoxy) is 3. The molecule has 8 heteroatoms. The summed E-state index contributed by atoms with van der Waals surface area (Å²) in [6.07, 6.45) is 5.49. The Balaban J connectivity index is 2.28. The van der Waals surface area contributed by atoms with Crippen molar-refractivity contribution in [1.29, 1.82) is 0 Å². The van der Waals surface area contributed by atoms with Gasteiger partial charge in [-0.1, -0.05) is 5.92 Å². The van der Waals surface area contributed by atoms with E-state index in [4.69, 9.17) is 20.6 Å². The third-order valence-corrected chi connectivity index (χ3v) is 6.33. The summed E-state index contributed by atoms with van der Waals surface area (Å²) < 4.78 is 20.1. The van der Waals surface area contributed by atoms with E-state index in [1.807, 2.05) is 24.3 Å². The van der Waals surface area contributed by atoms with Gasteiger partial charge in [-0.15, -0.1) is 6.42 Å². The maximum Gasteiger partial charge on any atom is 0.309 e. The number of rotatable bonds is 6. The Bertz CT molecular complexity index is 828. The lowest BCUT2D eigenvalue weighted by Crippen LogP contribution is -2.05. The minimum absolute atomic E-state index is 0.226. The number of terminal acetylenes is 1. The van der Waals surface area contributed by atoms with Crippen LogP contribution in [-0.2, 0) is 16.0 Å². The van der Waals surface area contributed by atoms with Gasteiger partial charge in [-0.3, -0.25) is 4.79 Å². The molecule has 0 aliphatic carbocycles. The predicted molar refractivity (Wildman–Crippen MR) is 134 cm³/mol. The predicted octanol–water partition coefficient (Wildman–Crippen LogP) is 5.62. The summed E-state index contributed by atoms with van der Waals surface area (Å²) in [6, 6.07) is 7.66. The van der Waals surface area contributed by atoms with Crippen LogP contribution in [0, 0.1) is 26.6 Å². The van der Waals surface area contributed by atoms with Gasteiger partial charge in [-0.25, -0.2) is 0 Å². The molecule has 0 atom stereocenters. The number of hydrogen-bond donors (Lipinski definition) is 0. The van der Waals surface area contributed by atoms with Crippen molar-refractivity contribution in [3.05, 3.63) is 44.1 Å². The normalized spacial score (nSPS) is 10.2. The van der Waals surface area contributed by atoms with Crippen molar-refractivity contribution in [2.75, 3.05) is 13.7 Å². The van der Waals surface area contributed by atoms with E-state index in [0.29, 0.717) is 5.75 Å². The lowest BCUT2D eigenvalue weighted by atomic mass is 10.1. The Morgan fingerprint density at radius 3 is 2.04 bits per heavy atom. The van der Waals surface area contributed by atoms with Crippen molar-refractivity contribution in [2.45, 2.75) is 6.42 Å². The molecule has 0 aliphatic heterocycles. The van der Waals surface area contributed by atoms with Crippen LogP contribution in [0.1, 0.15) is 5.56 Å². The number of carbonyl (C=O) groups excluding carboxylic acids is 1. The van der Waals surface area contributed by atoms with Crippen LogP contribution in [0.25, 0.3) is 0 Å². The lowest BCUT2D eigenvalue weighted by molar-refractivity contribution is -0.139. The van der Waals surface area contributed by atoms with Crippen molar-refractivity contribution in [3.63, 3.8) is 0 Å². The number of hydrogen-bond acceptors (Lipinski definition) is 4. The van der Waals surface area contributed by atoms with Crippen LogP contribution in [0.5, 0.6) is 17.2 Å². The number of esters is 1. The zero-order valence-corrected chi connectivity index (χ0v) is 22.1. The number of carbonyl (C=O) groups is 1. The van der Waals surface area contributed by atoms with Crippen LogP contribution in [0.4, 0.5) is 0 Å². The molecular formula is C18H12I4O4. The highest BCUT2D eigenvalue weighted by atomic mass is 127. The molecule has 4 nitrogen and oxygen atoms in total. The number of methoxy groups -OCH3 is 1. The van der Waals surface area contributed by atoms with E-state index in [1.165, 1.54) is 7.11 Å². The standard InChI is InChI=1S/C18H12I4O4/c1-3-4-25-17-14(21)8-11(9-15(17)22)26-18-12(19)5-10(6-13(18)20)7-16(23)24-2/h1,5-6,8-9H,4,7H2,2H3. The third kappa shape index (κ3) is 5.99. The number of benzene rings is 2. The summed E-state index contributed by atoms with van der Waals surface area (Å²) in [5.74, 6) is 4.42. The molecule has 26 heavy (non-hydrogen) atoms.